The highest BCUT2D eigenvalue weighted by Crippen LogP contribution is 2.26. The molecule has 1 heterocycles. The summed E-state index contributed by atoms with van der Waals surface area (Å²) in [5.41, 5.74) is 1.81. The van der Waals surface area contributed by atoms with Gasteiger partial charge >= 0.3 is 0 Å². The summed E-state index contributed by atoms with van der Waals surface area (Å²) in [4.78, 5) is 6.98. The van der Waals surface area contributed by atoms with E-state index in [1.165, 1.54) is 6.07 Å². The number of piperazine rings is 1. The molecule has 2 rings (SSSR count). The van der Waals surface area contributed by atoms with Crippen molar-refractivity contribution in [1.82, 2.24) is 9.80 Å². The van der Waals surface area contributed by atoms with E-state index in [1.807, 2.05) is 6.07 Å². The van der Waals surface area contributed by atoms with Gasteiger partial charge in [0.25, 0.3) is 0 Å². The van der Waals surface area contributed by atoms with E-state index in [2.05, 4.69) is 44.7 Å². The van der Waals surface area contributed by atoms with E-state index in [-0.39, 0.29) is 5.82 Å². The topological polar surface area (TPSA) is 9.72 Å². The van der Waals surface area contributed by atoms with Crippen LogP contribution in [0, 0.1) is 5.82 Å². The second-order valence-electron chi connectivity index (χ2n) is 5.50. The van der Waals surface area contributed by atoms with E-state index in [4.69, 9.17) is 0 Å². The molecule has 1 aliphatic heterocycles. The Morgan fingerprint density at radius 1 is 1.20 bits per heavy atom. The normalized spacial score (nSPS) is 16.9. The molecule has 0 radical (unpaired) electrons. The number of alkyl halides is 1. The van der Waals surface area contributed by atoms with Gasteiger partial charge in [-0.25, -0.2) is 4.39 Å². The molecule has 0 aliphatic carbocycles. The lowest BCUT2D eigenvalue weighted by Crippen LogP contribution is -2.48. The zero-order valence-electron chi connectivity index (χ0n) is 12.3. The Morgan fingerprint density at radius 2 is 1.90 bits per heavy atom. The molecule has 1 aliphatic rings. The van der Waals surface area contributed by atoms with Gasteiger partial charge in [0.15, 0.2) is 0 Å². The largest absolute Gasteiger partial charge is 0.369 e. The summed E-state index contributed by atoms with van der Waals surface area (Å²) < 4.78 is 13.8. The number of anilines is 1. The molecule has 0 amide bonds. The third-order valence-corrected chi connectivity index (χ3v) is 4.36. The van der Waals surface area contributed by atoms with Crippen LogP contribution in [0.1, 0.15) is 5.56 Å². The molecule has 0 aromatic heterocycles. The molecule has 0 unspecified atom stereocenters. The summed E-state index contributed by atoms with van der Waals surface area (Å²) >= 11 is 3.40. The fourth-order valence-corrected chi connectivity index (χ4v) is 3.08. The van der Waals surface area contributed by atoms with Crippen molar-refractivity contribution in [3.05, 3.63) is 29.6 Å². The van der Waals surface area contributed by atoms with E-state index in [0.29, 0.717) is 5.33 Å². The molecular formula is C15H23BrFN3. The second-order valence-corrected chi connectivity index (χ2v) is 6.06. The van der Waals surface area contributed by atoms with Crippen molar-refractivity contribution in [3.8, 4) is 0 Å². The molecule has 0 saturated carbocycles. The average Bonchev–Trinajstić information content (AvgIpc) is 2.45. The highest BCUT2D eigenvalue weighted by molar-refractivity contribution is 9.08. The maximum atomic E-state index is 13.8. The third kappa shape index (κ3) is 3.93. The average molecular weight is 344 g/mol. The molecule has 1 aromatic carbocycles. The second kappa shape index (κ2) is 7.38. The number of rotatable bonds is 5. The fraction of sp³-hybridized carbons (Fsp3) is 0.600. The first-order valence-corrected chi connectivity index (χ1v) is 8.19. The molecule has 3 nitrogen and oxygen atoms in total. The monoisotopic (exact) mass is 343 g/mol. The quantitative estimate of drug-likeness (QED) is 0.760. The van der Waals surface area contributed by atoms with Gasteiger partial charge in [-0.05, 0) is 26.2 Å². The molecule has 112 valence electrons. The van der Waals surface area contributed by atoms with Crippen LogP contribution in [0.5, 0.6) is 0 Å². The minimum Gasteiger partial charge on any atom is -0.369 e. The molecule has 0 atom stereocenters. The maximum Gasteiger partial charge on any atom is 0.129 e. The first kappa shape index (κ1) is 15.7. The van der Waals surface area contributed by atoms with Crippen LogP contribution in [0.4, 0.5) is 10.1 Å². The number of halogens is 2. The van der Waals surface area contributed by atoms with E-state index < -0.39 is 0 Å². The Kier molecular flexibility index (Phi) is 5.81. The Hall–Kier alpha value is -0.650. The minimum absolute atomic E-state index is 0.116. The number of hydrogen-bond acceptors (Lipinski definition) is 3. The predicted octanol–water partition coefficient (Wildman–Crippen LogP) is 2.40. The minimum atomic E-state index is -0.116. The molecule has 5 heteroatoms. The fourth-order valence-electron chi connectivity index (χ4n) is 2.53. The summed E-state index contributed by atoms with van der Waals surface area (Å²) in [5, 5.41) is 0.565. The smallest absolute Gasteiger partial charge is 0.129 e. The van der Waals surface area contributed by atoms with Crippen molar-refractivity contribution in [2.75, 3.05) is 58.3 Å². The van der Waals surface area contributed by atoms with Gasteiger partial charge in [-0.3, -0.25) is 4.90 Å². The lowest BCUT2D eigenvalue weighted by molar-refractivity contribution is 0.229. The third-order valence-electron chi connectivity index (χ3n) is 3.80. The van der Waals surface area contributed by atoms with Crippen LogP contribution in [0.15, 0.2) is 18.2 Å². The highest BCUT2D eigenvalue weighted by Gasteiger charge is 2.20. The van der Waals surface area contributed by atoms with Crippen LogP contribution in [0.3, 0.4) is 0 Å². The van der Waals surface area contributed by atoms with Gasteiger partial charge in [0.05, 0.1) is 0 Å². The van der Waals surface area contributed by atoms with Gasteiger partial charge in [0.1, 0.15) is 5.82 Å². The maximum absolute atomic E-state index is 13.8. The Bertz CT molecular complexity index is 431. The van der Waals surface area contributed by atoms with E-state index in [1.54, 1.807) is 6.07 Å². The van der Waals surface area contributed by atoms with Crippen LogP contribution in [0.2, 0.25) is 0 Å². The zero-order chi connectivity index (χ0) is 14.5. The lowest BCUT2D eigenvalue weighted by atomic mass is 10.1. The number of hydrogen-bond donors (Lipinski definition) is 0. The van der Waals surface area contributed by atoms with Crippen molar-refractivity contribution in [1.29, 1.82) is 0 Å². The van der Waals surface area contributed by atoms with Gasteiger partial charge in [-0.2, -0.15) is 0 Å². The molecule has 0 bridgehead atoms. The molecule has 20 heavy (non-hydrogen) atoms. The van der Waals surface area contributed by atoms with Gasteiger partial charge in [0, 0.05) is 55.8 Å². The molecule has 1 fully saturated rings. The first-order chi connectivity index (χ1) is 9.61. The van der Waals surface area contributed by atoms with E-state index in [9.17, 15) is 4.39 Å². The van der Waals surface area contributed by atoms with Crippen LogP contribution in [-0.2, 0) is 5.33 Å². The molecule has 0 spiro atoms. The Labute approximate surface area is 129 Å². The first-order valence-electron chi connectivity index (χ1n) is 7.07. The summed E-state index contributed by atoms with van der Waals surface area (Å²) in [6.45, 7) is 6.23. The standard InChI is InChI=1S/C15H23BrFN3/c1-18(2)6-7-19-8-10-20(11-9-19)15-5-3-4-14(17)13(15)12-16/h3-5H,6-12H2,1-2H3. The molecule has 0 N–H and O–H groups in total. The van der Waals surface area contributed by atoms with Gasteiger partial charge in [-0.15, -0.1) is 0 Å². The van der Waals surface area contributed by atoms with Crippen molar-refractivity contribution >= 4 is 21.6 Å². The van der Waals surface area contributed by atoms with Crippen molar-refractivity contribution in [2.24, 2.45) is 0 Å². The highest BCUT2D eigenvalue weighted by atomic mass is 79.9. The number of likely N-dealkylation sites (N-methyl/N-ethyl adjacent to an activating group) is 1. The number of benzene rings is 1. The van der Waals surface area contributed by atoms with Gasteiger partial charge in [0.2, 0.25) is 0 Å². The number of nitrogens with zero attached hydrogens (tertiary/aromatic N) is 3. The predicted molar refractivity (Wildman–Crippen MR) is 86.2 cm³/mol. The Balaban J connectivity index is 1.95. The van der Waals surface area contributed by atoms with E-state index >= 15 is 0 Å². The van der Waals surface area contributed by atoms with Crippen LogP contribution in [-0.4, -0.2) is 63.2 Å². The van der Waals surface area contributed by atoms with E-state index in [0.717, 1.165) is 50.5 Å². The SMILES string of the molecule is CN(C)CCN1CCN(c2cccc(F)c2CBr)CC1. The Morgan fingerprint density at radius 3 is 2.50 bits per heavy atom. The van der Waals surface area contributed by atoms with Gasteiger partial charge in [-0.1, -0.05) is 22.0 Å². The molecule has 1 saturated heterocycles. The van der Waals surface area contributed by atoms with Crippen molar-refractivity contribution < 1.29 is 4.39 Å². The van der Waals surface area contributed by atoms with Crippen LogP contribution < -0.4 is 4.90 Å². The van der Waals surface area contributed by atoms with Gasteiger partial charge < -0.3 is 9.80 Å². The van der Waals surface area contributed by atoms with Crippen LogP contribution >= 0.6 is 15.9 Å². The summed E-state index contributed by atoms with van der Waals surface area (Å²) in [6, 6.07) is 5.36. The molecule has 1 aromatic rings. The van der Waals surface area contributed by atoms with Crippen LogP contribution in [0.25, 0.3) is 0 Å². The zero-order valence-corrected chi connectivity index (χ0v) is 13.9. The lowest BCUT2D eigenvalue weighted by Gasteiger charge is -2.37. The molecular weight excluding hydrogens is 321 g/mol. The summed E-state index contributed by atoms with van der Waals surface area (Å²) in [6.07, 6.45) is 0. The van der Waals surface area contributed by atoms with Crippen molar-refractivity contribution in [2.45, 2.75) is 5.33 Å². The summed E-state index contributed by atoms with van der Waals surface area (Å²) in [5.74, 6) is -0.116. The summed E-state index contributed by atoms with van der Waals surface area (Å²) in [7, 11) is 4.20. The van der Waals surface area contributed by atoms with Crippen molar-refractivity contribution in [3.63, 3.8) is 0 Å².